The zero-order valence-corrected chi connectivity index (χ0v) is 19.2. The second kappa shape index (κ2) is 7.89. The van der Waals surface area contributed by atoms with Crippen LogP contribution in [0.15, 0.2) is 30.3 Å². The molecule has 0 radical (unpaired) electrons. The molecular weight excluding hydrogens is 376 g/mol. The second-order valence-electron chi connectivity index (χ2n) is 9.96. The molecule has 1 aromatic heterocycles. The molecule has 0 aliphatic carbocycles. The van der Waals surface area contributed by atoms with Gasteiger partial charge >= 0.3 is 0 Å². The van der Waals surface area contributed by atoms with Gasteiger partial charge in [0.05, 0.1) is 12.2 Å². The highest BCUT2D eigenvalue weighted by Crippen LogP contribution is 2.35. The van der Waals surface area contributed by atoms with E-state index in [1.165, 1.54) is 0 Å². The van der Waals surface area contributed by atoms with E-state index in [0.29, 0.717) is 24.7 Å². The Balaban J connectivity index is 2.08. The van der Waals surface area contributed by atoms with Gasteiger partial charge in [-0.3, -0.25) is 19.2 Å². The lowest BCUT2D eigenvalue weighted by Gasteiger charge is -2.43. The second-order valence-corrected chi connectivity index (χ2v) is 9.96. The van der Waals surface area contributed by atoms with Crippen LogP contribution in [0.1, 0.15) is 69.7 Å². The van der Waals surface area contributed by atoms with E-state index in [1.807, 2.05) is 44.2 Å². The average Bonchev–Trinajstić information content (AvgIpc) is 3.07. The SMILES string of the molecule is Cc1ccccc1N1C(=O)c2cc(C(C)(C)C)nn2C[C@@]1(C)C(=O)NCCC(C)C. The summed E-state index contributed by atoms with van der Waals surface area (Å²) in [5.74, 6) is 0.142. The van der Waals surface area contributed by atoms with Gasteiger partial charge in [0.15, 0.2) is 0 Å². The Labute approximate surface area is 179 Å². The van der Waals surface area contributed by atoms with Crippen molar-refractivity contribution in [2.45, 2.75) is 72.4 Å². The molecule has 2 heterocycles. The van der Waals surface area contributed by atoms with Crippen molar-refractivity contribution in [2.24, 2.45) is 5.92 Å². The van der Waals surface area contributed by atoms with E-state index in [0.717, 1.165) is 23.4 Å². The smallest absolute Gasteiger partial charge is 0.277 e. The molecule has 30 heavy (non-hydrogen) atoms. The van der Waals surface area contributed by atoms with E-state index >= 15 is 0 Å². The van der Waals surface area contributed by atoms with Gasteiger partial charge in [-0.25, -0.2) is 0 Å². The molecule has 0 saturated heterocycles. The monoisotopic (exact) mass is 410 g/mol. The summed E-state index contributed by atoms with van der Waals surface area (Å²) in [6, 6.07) is 9.58. The zero-order valence-electron chi connectivity index (χ0n) is 19.2. The number of rotatable bonds is 5. The maximum absolute atomic E-state index is 13.7. The molecule has 2 amide bonds. The van der Waals surface area contributed by atoms with E-state index in [2.05, 4.69) is 39.9 Å². The number of fused-ring (bicyclic) bond motifs is 1. The van der Waals surface area contributed by atoms with Crippen LogP contribution in [0.3, 0.4) is 0 Å². The van der Waals surface area contributed by atoms with Gasteiger partial charge in [0.2, 0.25) is 5.91 Å². The molecule has 1 aromatic carbocycles. The van der Waals surface area contributed by atoms with Crippen LogP contribution in [0.2, 0.25) is 0 Å². The third-order valence-electron chi connectivity index (χ3n) is 5.77. The maximum Gasteiger partial charge on any atom is 0.277 e. The first kappa shape index (κ1) is 22.1. The Hall–Kier alpha value is -2.63. The average molecular weight is 411 g/mol. The van der Waals surface area contributed by atoms with Crippen LogP contribution in [0, 0.1) is 12.8 Å². The van der Waals surface area contributed by atoms with Gasteiger partial charge in [-0.1, -0.05) is 52.8 Å². The number of carbonyl (C=O) groups is 2. The predicted octanol–water partition coefficient (Wildman–Crippen LogP) is 4.07. The first-order valence-corrected chi connectivity index (χ1v) is 10.7. The van der Waals surface area contributed by atoms with E-state index in [4.69, 9.17) is 5.10 Å². The van der Waals surface area contributed by atoms with Crippen LogP contribution in [0.4, 0.5) is 5.69 Å². The van der Waals surface area contributed by atoms with Gasteiger partial charge < -0.3 is 5.32 Å². The Bertz CT molecular complexity index is 954. The minimum atomic E-state index is -1.08. The molecule has 1 atom stereocenters. The topological polar surface area (TPSA) is 67.2 Å². The molecule has 3 rings (SSSR count). The molecule has 0 unspecified atom stereocenters. The molecule has 0 bridgehead atoms. The molecule has 162 valence electrons. The third kappa shape index (κ3) is 4.00. The Morgan fingerprint density at radius 3 is 2.53 bits per heavy atom. The maximum atomic E-state index is 13.7. The largest absolute Gasteiger partial charge is 0.354 e. The molecule has 2 aromatic rings. The van der Waals surface area contributed by atoms with E-state index in [1.54, 1.807) is 9.58 Å². The number of nitrogens with one attached hydrogen (secondary N) is 1. The molecule has 0 saturated carbocycles. The van der Waals surface area contributed by atoms with Crippen LogP contribution in [-0.2, 0) is 16.8 Å². The minimum Gasteiger partial charge on any atom is -0.354 e. The predicted molar refractivity (Wildman–Crippen MR) is 120 cm³/mol. The summed E-state index contributed by atoms with van der Waals surface area (Å²) in [6.45, 7) is 15.2. The molecule has 6 heteroatoms. The first-order chi connectivity index (χ1) is 13.9. The molecule has 1 N–H and O–H groups in total. The number of para-hydroxylation sites is 1. The van der Waals surface area contributed by atoms with E-state index in [9.17, 15) is 9.59 Å². The summed E-state index contributed by atoms with van der Waals surface area (Å²) >= 11 is 0. The molecule has 0 spiro atoms. The van der Waals surface area contributed by atoms with Crippen molar-refractivity contribution in [3.8, 4) is 0 Å². The highest BCUT2D eigenvalue weighted by Gasteiger charge is 2.49. The standard InChI is InChI=1S/C24H34N4O2/c1-16(2)12-13-25-22(30)24(7)15-27-19(14-20(26-27)23(4,5)6)21(29)28(24)18-11-9-8-10-17(18)3/h8-11,14,16H,12-13,15H2,1-7H3,(H,25,30)/t24-/m0/s1. The minimum absolute atomic E-state index is 0.154. The van der Waals surface area contributed by atoms with Gasteiger partial charge in [-0.15, -0.1) is 0 Å². The highest BCUT2D eigenvalue weighted by molar-refractivity contribution is 6.12. The fourth-order valence-corrected chi connectivity index (χ4v) is 3.80. The summed E-state index contributed by atoms with van der Waals surface area (Å²) in [5, 5.41) is 7.76. The fraction of sp³-hybridized carbons (Fsp3) is 0.542. The Kier molecular flexibility index (Phi) is 5.81. The van der Waals surface area contributed by atoms with Crippen LogP contribution in [-0.4, -0.2) is 33.7 Å². The van der Waals surface area contributed by atoms with Gasteiger partial charge in [0.1, 0.15) is 11.2 Å². The number of anilines is 1. The normalized spacial score (nSPS) is 19.2. The van der Waals surface area contributed by atoms with Crippen molar-refractivity contribution in [1.82, 2.24) is 15.1 Å². The van der Waals surface area contributed by atoms with Gasteiger partial charge in [-0.2, -0.15) is 5.10 Å². The summed E-state index contributed by atoms with van der Waals surface area (Å²) in [4.78, 5) is 28.8. The van der Waals surface area contributed by atoms with Gasteiger partial charge in [-0.05, 0) is 43.9 Å². The third-order valence-corrected chi connectivity index (χ3v) is 5.77. The van der Waals surface area contributed by atoms with Crippen molar-refractivity contribution >= 4 is 17.5 Å². The van der Waals surface area contributed by atoms with Gasteiger partial charge in [0.25, 0.3) is 5.91 Å². The number of nitrogens with zero attached hydrogens (tertiary/aromatic N) is 3. The van der Waals surface area contributed by atoms with Crippen molar-refractivity contribution < 1.29 is 9.59 Å². The zero-order chi connectivity index (χ0) is 22.3. The van der Waals surface area contributed by atoms with E-state index in [-0.39, 0.29) is 17.2 Å². The van der Waals surface area contributed by atoms with Gasteiger partial charge in [0, 0.05) is 17.6 Å². The Morgan fingerprint density at radius 2 is 1.93 bits per heavy atom. The van der Waals surface area contributed by atoms with E-state index < -0.39 is 5.54 Å². The number of carbonyl (C=O) groups excluding carboxylic acids is 2. The van der Waals surface area contributed by atoms with Crippen molar-refractivity contribution in [2.75, 3.05) is 11.4 Å². The number of amides is 2. The molecule has 1 aliphatic heterocycles. The summed E-state index contributed by atoms with van der Waals surface area (Å²) in [5.41, 5.74) is 1.82. The lowest BCUT2D eigenvalue weighted by Crippen LogP contribution is -2.64. The number of hydrogen-bond acceptors (Lipinski definition) is 3. The fourth-order valence-electron chi connectivity index (χ4n) is 3.80. The van der Waals surface area contributed by atoms with Crippen molar-refractivity contribution in [3.63, 3.8) is 0 Å². The van der Waals surface area contributed by atoms with Crippen LogP contribution < -0.4 is 10.2 Å². The Morgan fingerprint density at radius 1 is 1.27 bits per heavy atom. The summed E-state index contributed by atoms with van der Waals surface area (Å²) < 4.78 is 1.71. The first-order valence-electron chi connectivity index (χ1n) is 10.7. The molecule has 6 nitrogen and oxygen atoms in total. The van der Waals surface area contributed by atoms with Crippen LogP contribution in [0.5, 0.6) is 0 Å². The van der Waals surface area contributed by atoms with Crippen molar-refractivity contribution in [3.05, 3.63) is 47.3 Å². The lowest BCUT2D eigenvalue weighted by molar-refractivity contribution is -0.126. The number of aryl methyl sites for hydroxylation is 1. The number of aromatic nitrogens is 2. The van der Waals surface area contributed by atoms with Crippen molar-refractivity contribution in [1.29, 1.82) is 0 Å². The highest BCUT2D eigenvalue weighted by atomic mass is 16.2. The molecule has 0 fully saturated rings. The molecular formula is C24H34N4O2. The lowest BCUT2D eigenvalue weighted by atomic mass is 9.91. The number of hydrogen-bond donors (Lipinski definition) is 1. The van der Waals surface area contributed by atoms with Crippen LogP contribution in [0.25, 0.3) is 0 Å². The van der Waals surface area contributed by atoms with Crippen LogP contribution >= 0.6 is 0 Å². The summed E-state index contributed by atoms with van der Waals surface area (Å²) in [7, 11) is 0. The number of benzene rings is 1. The quantitative estimate of drug-likeness (QED) is 0.808. The summed E-state index contributed by atoms with van der Waals surface area (Å²) in [6.07, 6.45) is 0.890. The molecule has 1 aliphatic rings.